The van der Waals surface area contributed by atoms with Gasteiger partial charge in [0.2, 0.25) is 16.0 Å². The molecule has 0 bridgehead atoms. The maximum atomic E-state index is 12.6. The number of amides is 1. The average Bonchev–Trinajstić information content (AvgIpc) is 3.14. The van der Waals surface area contributed by atoms with Gasteiger partial charge in [-0.1, -0.05) is 11.3 Å². The van der Waals surface area contributed by atoms with Crippen molar-refractivity contribution in [3.63, 3.8) is 0 Å². The highest BCUT2D eigenvalue weighted by Gasteiger charge is 2.25. The first kappa shape index (κ1) is 21.5. The number of aliphatic hydroxyl groups excluding tert-OH is 1. The summed E-state index contributed by atoms with van der Waals surface area (Å²) in [6, 6.07) is 1.45. The first-order valence-electron chi connectivity index (χ1n) is 9.14. The lowest BCUT2D eigenvalue weighted by molar-refractivity contribution is 0.0991. The number of methoxy groups -OCH3 is 1. The normalized spacial score (nSPS) is 15.6. The SMILES string of the molecule is COc1c(N2CCC(O)CC2)cc(C(=O)Nc2nnc(/N=C(C)/C=C\N)s2)oc1=O. The molecule has 160 valence electrons. The highest BCUT2D eigenvalue weighted by atomic mass is 32.1. The molecule has 30 heavy (non-hydrogen) atoms. The highest BCUT2D eigenvalue weighted by molar-refractivity contribution is 7.18. The molecule has 1 aliphatic heterocycles. The van der Waals surface area contributed by atoms with Gasteiger partial charge in [0.05, 0.1) is 18.9 Å². The number of aliphatic imine (C=N–C) groups is 1. The van der Waals surface area contributed by atoms with Crippen molar-refractivity contribution >= 4 is 38.9 Å². The van der Waals surface area contributed by atoms with E-state index in [1.54, 1.807) is 13.0 Å². The molecule has 11 nitrogen and oxygen atoms in total. The number of nitrogens with one attached hydrogen (secondary N) is 1. The van der Waals surface area contributed by atoms with Gasteiger partial charge in [-0.25, -0.2) is 9.79 Å². The van der Waals surface area contributed by atoms with E-state index in [2.05, 4.69) is 20.5 Å². The smallest absolute Gasteiger partial charge is 0.381 e. The molecule has 1 saturated heterocycles. The van der Waals surface area contributed by atoms with Crippen molar-refractivity contribution in [1.29, 1.82) is 0 Å². The number of rotatable bonds is 6. The number of piperidine rings is 1. The second-order valence-electron chi connectivity index (χ2n) is 6.49. The summed E-state index contributed by atoms with van der Waals surface area (Å²) < 4.78 is 10.3. The number of aliphatic hydroxyl groups is 1. The standard InChI is InChI=1S/C18H22N6O5S/c1-10(3-6-19)20-17-22-23-18(30-17)21-15(26)13-9-12(14(28-2)16(27)29-13)24-7-4-11(25)5-8-24/h3,6,9,11,25H,4-5,7-8,19H2,1-2H3,(H,21,23,26)/b6-3-,20-10+. The number of allylic oxidation sites excluding steroid dienone is 1. The topological polar surface area (TPSA) is 156 Å². The molecule has 1 amide bonds. The lowest BCUT2D eigenvalue weighted by Crippen LogP contribution is -2.36. The van der Waals surface area contributed by atoms with Gasteiger partial charge in [0.25, 0.3) is 5.91 Å². The van der Waals surface area contributed by atoms with Crippen LogP contribution in [0.15, 0.2) is 32.5 Å². The van der Waals surface area contributed by atoms with E-state index < -0.39 is 11.5 Å². The van der Waals surface area contributed by atoms with Gasteiger partial charge in [-0.15, -0.1) is 10.2 Å². The maximum Gasteiger partial charge on any atom is 0.381 e. The minimum absolute atomic E-state index is 0.0129. The van der Waals surface area contributed by atoms with Gasteiger partial charge in [0, 0.05) is 24.9 Å². The molecule has 3 rings (SSSR count). The Morgan fingerprint density at radius 2 is 2.20 bits per heavy atom. The van der Waals surface area contributed by atoms with Crippen LogP contribution in [0.3, 0.4) is 0 Å². The van der Waals surface area contributed by atoms with Gasteiger partial charge in [-0.05, 0) is 32.0 Å². The predicted octanol–water partition coefficient (Wildman–Crippen LogP) is 1.28. The van der Waals surface area contributed by atoms with E-state index in [0.29, 0.717) is 42.5 Å². The molecule has 2 aromatic rings. The summed E-state index contributed by atoms with van der Waals surface area (Å²) in [5.74, 6) is -0.832. The molecule has 1 aliphatic rings. The molecule has 0 aliphatic carbocycles. The Balaban J connectivity index is 1.82. The predicted molar refractivity (Wildman–Crippen MR) is 113 cm³/mol. The lowest BCUT2D eigenvalue weighted by Gasteiger charge is -2.31. The van der Waals surface area contributed by atoms with Crippen LogP contribution in [0.2, 0.25) is 0 Å². The Kier molecular flexibility index (Phi) is 6.79. The van der Waals surface area contributed by atoms with Gasteiger partial charge in [-0.2, -0.15) is 0 Å². The second kappa shape index (κ2) is 9.50. The minimum Gasteiger partial charge on any atom is -0.488 e. The number of anilines is 2. The molecule has 0 aromatic carbocycles. The third-order valence-electron chi connectivity index (χ3n) is 4.37. The minimum atomic E-state index is -0.766. The molecule has 4 N–H and O–H groups in total. The quantitative estimate of drug-likeness (QED) is 0.570. The first-order chi connectivity index (χ1) is 14.4. The molecule has 2 aromatic heterocycles. The zero-order valence-electron chi connectivity index (χ0n) is 16.5. The van der Waals surface area contributed by atoms with E-state index >= 15 is 0 Å². The number of nitrogens with zero attached hydrogens (tertiary/aromatic N) is 4. The number of carbonyl (C=O) groups excluding carboxylic acids is 1. The fourth-order valence-electron chi connectivity index (χ4n) is 2.91. The van der Waals surface area contributed by atoms with Crippen molar-refractivity contribution in [3.8, 4) is 5.75 Å². The van der Waals surface area contributed by atoms with Crippen molar-refractivity contribution in [1.82, 2.24) is 10.2 Å². The Bertz CT molecular complexity index is 1020. The fraction of sp³-hybridized carbons (Fsp3) is 0.389. The van der Waals surface area contributed by atoms with Crippen LogP contribution >= 0.6 is 11.3 Å². The Morgan fingerprint density at radius 3 is 2.87 bits per heavy atom. The summed E-state index contributed by atoms with van der Waals surface area (Å²) in [6.07, 6.45) is 3.69. The molecular weight excluding hydrogens is 412 g/mol. The Morgan fingerprint density at radius 1 is 1.47 bits per heavy atom. The zero-order chi connectivity index (χ0) is 21.7. The van der Waals surface area contributed by atoms with Crippen LogP contribution in [0.4, 0.5) is 16.0 Å². The molecule has 0 radical (unpaired) electrons. The second-order valence-corrected chi connectivity index (χ2v) is 7.45. The van der Waals surface area contributed by atoms with Crippen LogP contribution < -0.4 is 26.3 Å². The molecule has 0 spiro atoms. The number of hydrogen-bond acceptors (Lipinski definition) is 11. The van der Waals surface area contributed by atoms with Crippen molar-refractivity contribution in [3.05, 3.63) is 34.5 Å². The van der Waals surface area contributed by atoms with Crippen LogP contribution in [0.1, 0.15) is 30.3 Å². The number of nitrogens with two attached hydrogens (primary N) is 1. The molecule has 3 heterocycles. The van der Waals surface area contributed by atoms with E-state index in [1.807, 2.05) is 4.90 Å². The molecule has 0 atom stereocenters. The maximum absolute atomic E-state index is 12.6. The van der Waals surface area contributed by atoms with Crippen LogP contribution in [-0.4, -0.2) is 53.2 Å². The van der Waals surface area contributed by atoms with Gasteiger partial charge in [-0.3, -0.25) is 10.1 Å². The third kappa shape index (κ3) is 5.02. The van der Waals surface area contributed by atoms with Crippen LogP contribution in [0.5, 0.6) is 5.75 Å². The molecule has 0 saturated carbocycles. The van der Waals surface area contributed by atoms with Crippen molar-refractivity contribution < 1.29 is 19.1 Å². The molecule has 0 unspecified atom stereocenters. The average molecular weight is 434 g/mol. The van der Waals surface area contributed by atoms with Crippen LogP contribution in [-0.2, 0) is 0 Å². The Hall–Kier alpha value is -3.25. The van der Waals surface area contributed by atoms with E-state index in [0.717, 1.165) is 11.3 Å². The number of carbonyl (C=O) groups is 1. The van der Waals surface area contributed by atoms with Gasteiger partial charge in [0.1, 0.15) is 0 Å². The molecular formula is C18H22N6O5S. The summed E-state index contributed by atoms with van der Waals surface area (Å²) in [7, 11) is 1.36. The summed E-state index contributed by atoms with van der Waals surface area (Å²) in [5.41, 5.74) is 5.62. The summed E-state index contributed by atoms with van der Waals surface area (Å²) in [5, 5.41) is 20.5. The van der Waals surface area contributed by atoms with Crippen molar-refractivity contribution in [2.24, 2.45) is 10.7 Å². The van der Waals surface area contributed by atoms with E-state index in [9.17, 15) is 14.7 Å². The van der Waals surface area contributed by atoms with Crippen LogP contribution in [0, 0.1) is 0 Å². The van der Waals surface area contributed by atoms with Crippen molar-refractivity contribution in [2.75, 3.05) is 30.4 Å². The van der Waals surface area contributed by atoms with E-state index in [-0.39, 0.29) is 22.7 Å². The molecule has 12 heteroatoms. The summed E-state index contributed by atoms with van der Waals surface area (Å²) >= 11 is 1.06. The van der Waals surface area contributed by atoms with Crippen molar-refractivity contribution in [2.45, 2.75) is 25.9 Å². The van der Waals surface area contributed by atoms with E-state index in [1.165, 1.54) is 19.4 Å². The van der Waals surface area contributed by atoms with Crippen LogP contribution in [0.25, 0.3) is 0 Å². The first-order valence-corrected chi connectivity index (χ1v) is 9.96. The summed E-state index contributed by atoms with van der Waals surface area (Å²) in [4.78, 5) is 31.0. The number of aromatic nitrogens is 2. The summed E-state index contributed by atoms with van der Waals surface area (Å²) in [6.45, 7) is 2.79. The third-order valence-corrected chi connectivity index (χ3v) is 5.10. The zero-order valence-corrected chi connectivity index (χ0v) is 17.3. The van der Waals surface area contributed by atoms with Gasteiger partial charge >= 0.3 is 5.63 Å². The lowest BCUT2D eigenvalue weighted by atomic mass is 10.1. The monoisotopic (exact) mass is 434 g/mol. The number of hydrogen-bond donors (Lipinski definition) is 3. The fourth-order valence-corrected chi connectivity index (χ4v) is 3.58. The molecule has 1 fully saturated rings. The van der Waals surface area contributed by atoms with Gasteiger partial charge < -0.3 is 24.9 Å². The Labute approximate surface area is 175 Å². The largest absolute Gasteiger partial charge is 0.488 e. The van der Waals surface area contributed by atoms with Gasteiger partial charge in [0.15, 0.2) is 5.76 Å². The number of ether oxygens (including phenoxy) is 1. The van der Waals surface area contributed by atoms with E-state index in [4.69, 9.17) is 14.9 Å². The highest BCUT2D eigenvalue weighted by Crippen LogP contribution is 2.29.